The fourth-order valence-electron chi connectivity index (χ4n) is 5.03. The van der Waals surface area contributed by atoms with E-state index in [-0.39, 0.29) is 17.9 Å². The number of likely N-dealkylation sites (tertiary alicyclic amines) is 2. The average molecular weight is 403 g/mol. The molecule has 0 spiro atoms. The molecule has 3 heterocycles. The molecule has 2 aliphatic heterocycles. The number of rotatable bonds is 5. The Hall–Kier alpha value is -2.09. The third kappa shape index (κ3) is 4.27. The van der Waals surface area contributed by atoms with Crippen LogP contribution in [0.1, 0.15) is 31.2 Å². The molecule has 1 N–H and O–H groups in total. The van der Waals surface area contributed by atoms with E-state index < -0.39 is 5.41 Å². The lowest BCUT2D eigenvalue weighted by molar-refractivity contribution is -0.133. The van der Waals surface area contributed by atoms with Crippen molar-refractivity contribution in [3.05, 3.63) is 18.0 Å². The number of carbonyl (C=O) groups is 2. The van der Waals surface area contributed by atoms with Crippen LogP contribution in [0.25, 0.3) is 0 Å². The van der Waals surface area contributed by atoms with E-state index in [0.29, 0.717) is 12.5 Å². The van der Waals surface area contributed by atoms with Crippen LogP contribution in [0.15, 0.2) is 12.4 Å². The van der Waals surface area contributed by atoms with Crippen LogP contribution in [0, 0.1) is 17.3 Å². The smallest absolute Gasteiger partial charge is 0.319 e. The predicted molar refractivity (Wildman–Crippen MR) is 110 cm³/mol. The number of carbonyl (C=O) groups excluding carboxylic acids is 2. The van der Waals surface area contributed by atoms with Crippen molar-refractivity contribution in [2.45, 2.75) is 32.2 Å². The number of nitrogens with zero attached hydrogens (tertiary/aromatic N) is 5. The standard InChI is InChI=1S/C21H34N6O2/c1-24(2)20(29)27-8-4-7-21(19(28)22-9-16-5-6-16)15-26(13-18(21)14-27)12-17-10-23-25(3)11-17/h10-11,16,18H,4-9,12-15H2,1-3H3,(H,22,28)/t18-,21+/m1/s1. The Morgan fingerprint density at radius 3 is 2.76 bits per heavy atom. The van der Waals surface area contributed by atoms with Gasteiger partial charge in [0.1, 0.15) is 0 Å². The number of hydrogen-bond donors (Lipinski definition) is 1. The molecule has 1 aromatic heterocycles. The molecule has 29 heavy (non-hydrogen) atoms. The molecule has 1 aliphatic carbocycles. The van der Waals surface area contributed by atoms with Crippen LogP contribution in [0.2, 0.25) is 0 Å². The molecule has 2 atom stereocenters. The van der Waals surface area contributed by atoms with Gasteiger partial charge in [0.15, 0.2) is 0 Å². The zero-order valence-electron chi connectivity index (χ0n) is 17.9. The Kier molecular flexibility index (Phi) is 5.55. The zero-order valence-corrected chi connectivity index (χ0v) is 17.9. The minimum Gasteiger partial charge on any atom is -0.355 e. The van der Waals surface area contributed by atoms with Crippen LogP contribution < -0.4 is 5.32 Å². The number of aromatic nitrogens is 2. The molecule has 3 amide bonds. The van der Waals surface area contributed by atoms with Crippen molar-refractivity contribution in [3.8, 4) is 0 Å². The number of nitrogens with one attached hydrogen (secondary N) is 1. The van der Waals surface area contributed by atoms with E-state index in [1.54, 1.807) is 19.0 Å². The van der Waals surface area contributed by atoms with Crippen molar-refractivity contribution in [2.24, 2.45) is 24.3 Å². The van der Waals surface area contributed by atoms with Gasteiger partial charge in [-0.2, -0.15) is 5.10 Å². The van der Waals surface area contributed by atoms with Gasteiger partial charge in [-0.1, -0.05) is 0 Å². The molecule has 1 saturated carbocycles. The van der Waals surface area contributed by atoms with E-state index in [2.05, 4.69) is 15.3 Å². The van der Waals surface area contributed by atoms with E-state index in [1.807, 2.05) is 29.0 Å². The van der Waals surface area contributed by atoms with Gasteiger partial charge in [-0.05, 0) is 31.6 Å². The molecule has 8 heteroatoms. The zero-order chi connectivity index (χ0) is 20.6. The second kappa shape index (κ2) is 7.97. The highest BCUT2D eigenvalue weighted by atomic mass is 16.2. The molecule has 0 aromatic carbocycles. The highest BCUT2D eigenvalue weighted by Crippen LogP contribution is 2.43. The minimum absolute atomic E-state index is 0.0462. The predicted octanol–water partition coefficient (Wildman–Crippen LogP) is 1.14. The summed E-state index contributed by atoms with van der Waals surface area (Å²) < 4.78 is 1.82. The van der Waals surface area contributed by atoms with Crippen LogP contribution >= 0.6 is 0 Å². The lowest BCUT2D eigenvalue weighted by atomic mass is 9.74. The largest absolute Gasteiger partial charge is 0.355 e. The Morgan fingerprint density at radius 1 is 1.31 bits per heavy atom. The van der Waals surface area contributed by atoms with Crippen LogP contribution in [0.3, 0.4) is 0 Å². The van der Waals surface area contributed by atoms with Crippen molar-refractivity contribution in [1.82, 2.24) is 29.8 Å². The van der Waals surface area contributed by atoms with Crippen molar-refractivity contribution in [2.75, 3.05) is 46.8 Å². The van der Waals surface area contributed by atoms with Crippen molar-refractivity contribution >= 4 is 11.9 Å². The summed E-state index contributed by atoms with van der Waals surface area (Å²) in [4.78, 5) is 32.0. The first-order chi connectivity index (χ1) is 13.9. The van der Waals surface area contributed by atoms with E-state index in [1.165, 1.54) is 18.4 Å². The monoisotopic (exact) mass is 402 g/mol. The highest BCUT2D eigenvalue weighted by molar-refractivity contribution is 5.84. The van der Waals surface area contributed by atoms with Crippen molar-refractivity contribution in [1.29, 1.82) is 0 Å². The van der Waals surface area contributed by atoms with E-state index in [4.69, 9.17) is 0 Å². The van der Waals surface area contributed by atoms with Gasteiger partial charge >= 0.3 is 6.03 Å². The highest BCUT2D eigenvalue weighted by Gasteiger charge is 2.53. The van der Waals surface area contributed by atoms with E-state index in [0.717, 1.165) is 45.6 Å². The molecular formula is C21H34N6O2. The molecule has 2 saturated heterocycles. The third-order valence-corrected chi connectivity index (χ3v) is 6.78. The first-order valence-corrected chi connectivity index (χ1v) is 10.8. The number of aryl methyl sites for hydroxylation is 1. The second-order valence-corrected chi connectivity index (χ2v) is 9.42. The Bertz CT molecular complexity index is 758. The number of amides is 3. The summed E-state index contributed by atoms with van der Waals surface area (Å²) in [7, 11) is 5.52. The van der Waals surface area contributed by atoms with Crippen LogP contribution in [-0.2, 0) is 18.4 Å². The molecule has 4 rings (SSSR count). The first-order valence-electron chi connectivity index (χ1n) is 10.8. The van der Waals surface area contributed by atoms with Crippen LogP contribution in [-0.4, -0.2) is 83.2 Å². The molecule has 3 fully saturated rings. The first kappa shape index (κ1) is 20.2. The van der Waals surface area contributed by atoms with Gasteiger partial charge in [-0.25, -0.2) is 4.79 Å². The lowest BCUT2D eigenvalue weighted by Gasteiger charge is -2.33. The number of fused-ring (bicyclic) bond motifs is 1. The fraction of sp³-hybridized carbons (Fsp3) is 0.762. The Labute approximate surface area is 173 Å². The van der Waals surface area contributed by atoms with Gasteiger partial charge in [-0.15, -0.1) is 0 Å². The molecule has 1 aromatic rings. The fourth-order valence-corrected chi connectivity index (χ4v) is 5.03. The van der Waals surface area contributed by atoms with E-state index >= 15 is 0 Å². The summed E-state index contributed by atoms with van der Waals surface area (Å²) in [6, 6.07) is 0.0462. The summed E-state index contributed by atoms with van der Waals surface area (Å²) in [6.45, 7) is 4.57. The SMILES string of the molecule is CN(C)C(=O)N1CCC[C@]2(C(=O)NCC3CC3)CN(Cc3cnn(C)c3)C[C@@H]2C1. The molecule has 0 radical (unpaired) electrons. The summed E-state index contributed by atoms with van der Waals surface area (Å²) in [6.07, 6.45) is 8.11. The van der Waals surface area contributed by atoms with Gasteiger partial charge in [0.2, 0.25) is 5.91 Å². The van der Waals surface area contributed by atoms with Crippen LogP contribution in [0.5, 0.6) is 0 Å². The molecule has 3 aliphatic rings. The minimum atomic E-state index is -0.404. The third-order valence-electron chi connectivity index (χ3n) is 6.78. The van der Waals surface area contributed by atoms with Gasteiger partial charge in [0, 0.05) is 78.1 Å². The second-order valence-electron chi connectivity index (χ2n) is 9.42. The molecule has 0 bridgehead atoms. The van der Waals surface area contributed by atoms with Gasteiger partial charge in [-0.3, -0.25) is 14.4 Å². The molecule has 160 valence electrons. The lowest BCUT2D eigenvalue weighted by Crippen LogP contribution is -2.49. The topological polar surface area (TPSA) is 73.7 Å². The van der Waals surface area contributed by atoms with Crippen molar-refractivity contribution in [3.63, 3.8) is 0 Å². The molecule has 0 unspecified atom stereocenters. The maximum atomic E-state index is 13.4. The van der Waals surface area contributed by atoms with Crippen LogP contribution in [0.4, 0.5) is 4.79 Å². The summed E-state index contributed by atoms with van der Waals surface area (Å²) in [5.41, 5.74) is 0.761. The maximum Gasteiger partial charge on any atom is 0.319 e. The number of hydrogen-bond acceptors (Lipinski definition) is 4. The summed E-state index contributed by atoms with van der Waals surface area (Å²) in [5, 5.41) is 7.54. The normalized spacial score (nSPS) is 27.4. The summed E-state index contributed by atoms with van der Waals surface area (Å²) >= 11 is 0. The van der Waals surface area contributed by atoms with Gasteiger partial charge in [0.05, 0.1) is 11.6 Å². The Morgan fingerprint density at radius 2 is 2.10 bits per heavy atom. The average Bonchev–Trinajstić information content (AvgIpc) is 3.38. The Balaban J connectivity index is 1.53. The molecular weight excluding hydrogens is 368 g/mol. The summed E-state index contributed by atoms with van der Waals surface area (Å²) in [5.74, 6) is 1.02. The molecule has 8 nitrogen and oxygen atoms in total. The number of urea groups is 1. The van der Waals surface area contributed by atoms with Gasteiger partial charge < -0.3 is 15.1 Å². The van der Waals surface area contributed by atoms with Crippen molar-refractivity contribution < 1.29 is 9.59 Å². The quantitative estimate of drug-likeness (QED) is 0.802. The van der Waals surface area contributed by atoms with E-state index in [9.17, 15) is 9.59 Å². The van der Waals surface area contributed by atoms with Gasteiger partial charge in [0.25, 0.3) is 0 Å². The maximum absolute atomic E-state index is 13.4.